The zero-order valence-electron chi connectivity index (χ0n) is 11.5. The van der Waals surface area contributed by atoms with E-state index < -0.39 is 6.10 Å². The second-order valence-corrected chi connectivity index (χ2v) is 5.04. The van der Waals surface area contributed by atoms with Crippen LogP contribution in [0.3, 0.4) is 0 Å². The van der Waals surface area contributed by atoms with Crippen molar-refractivity contribution in [2.45, 2.75) is 44.8 Å². The molecule has 0 aromatic heterocycles. The van der Waals surface area contributed by atoms with Gasteiger partial charge in [-0.3, -0.25) is 0 Å². The van der Waals surface area contributed by atoms with Gasteiger partial charge < -0.3 is 15.2 Å². The molecule has 0 saturated heterocycles. The summed E-state index contributed by atoms with van der Waals surface area (Å²) in [7, 11) is 0. The number of ether oxygens (including phenoxy) is 1. The van der Waals surface area contributed by atoms with Gasteiger partial charge in [0.2, 0.25) is 0 Å². The molecule has 1 aliphatic carbocycles. The highest BCUT2D eigenvalue weighted by Gasteiger charge is 2.21. The molecular formula is C15H24ClNO2. The van der Waals surface area contributed by atoms with E-state index >= 15 is 0 Å². The molecule has 3 nitrogen and oxygen atoms in total. The average molecular weight is 286 g/mol. The van der Waals surface area contributed by atoms with Gasteiger partial charge in [-0.15, -0.1) is 12.4 Å². The summed E-state index contributed by atoms with van der Waals surface area (Å²) in [6.07, 6.45) is 4.32. The quantitative estimate of drug-likeness (QED) is 0.771. The van der Waals surface area contributed by atoms with Gasteiger partial charge in [0.1, 0.15) is 18.5 Å². The monoisotopic (exact) mass is 285 g/mol. The average Bonchev–Trinajstić information content (AvgIpc) is 3.20. The molecule has 0 spiro atoms. The summed E-state index contributed by atoms with van der Waals surface area (Å²) in [5, 5.41) is 13.0. The van der Waals surface area contributed by atoms with Crippen LogP contribution in [0, 0.1) is 0 Å². The van der Waals surface area contributed by atoms with Crippen LogP contribution in [0.2, 0.25) is 0 Å². The number of benzene rings is 1. The second kappa shape index (κ2) is 8.41. The minimum Gasteiger partial charge on any atom is -0.491 e. The van der Waals surface area contributed by atoms with Gasteiger partial charge in [0.15, 0.2) is 0 Å². The van der Waals surface area contributed by atoms with E-state index in [4.69, 9.17) is 4.74 Å². The third kappa shape index (κ3) is 6.28. The van der Waals surface area contributed by atoms with Crippen LogP contribution in [0.15, 0.2) is 24.3 Å². The number of aliphatic hydroxyl groups is 1. The predicted octanol–water partition coefficient (Wildman–Crippen LogP) is 2.55. The van der Waals surface area contributed by atoms with Crippen LogP contribution in [0.1, 0.15) is 31.7 Å². The molecular weight excluding hydrogens is 262 g/mol. The zero-order valence-corrected chi connectivity index (χ0v) is 12.3. The number of hydrogen-bond donors (Lipinski definition) is 2. The highest BCUT2D eigenvalue weighted by Crippen LogP contribution is 2.18. The molecule has 108 valence electrons. The number of nitrogens with one attached hydrogen (secondary N) is 1. The van der Waals surface area contributed by atoms with E-state index in [2.05, 4.69) is 24.4 Å². The molecule has 0 aliphatic heterocycles. The van der Waals surface area contributed by atoms with Gasteiger partial charge in [-0.1, -0.05) is 25.5 Å². The molecule has 1 aromatic rings. The fourth-order valence-electron chi connectivity index (χ4n) is 1.88. The molecule has 4 heteroatoms. The Morgan fingerprint density at radius 1 is 1.32 bits per heavy atom. The summed E-state index contributed by atoms with van der Waals surface area (Å²) >= 11 is 0. The van der Waals surface area contributed by atoms with Crippen molar-refractivity contribution in [2.75, 3.05) is 13.2 Å². The molecule has 0 heterocycles. The van der Waals surface area contributed by atoms with Gasteiger partial charge in [0.25, 0.3) is 0 Å². The van der Waals surface area contributed by atoms with E-state index in [1.807, 2.05) is 12.1 Å². The molecule has 1 atom stereocenters. The summed E-state index contributed by atoms with van der Waals surface area (Å²) in [6, 6.07) is 8.77. The highest BCUT2D eigenvalue weighted by atomic mass is 35.5. The van der Waals surface area contributed by atoms with Crippen molar-refractivity contribution >= 4 is 12.4 Å². The summed E-state index contributed by atoms with van der Waals surface area (Å²) in [5.74, 6) is 0.834. The lowest BCUT2D eigenvalue weighted by atomic mass is 10.1. The van der Waals surface area contributed by atoms with E-state index in [0.717, 1.165) is 18.6 Å². The van der Waals surface area contributed by atoms with E-state index in [0.29, 0.717) is 19.2 Å². The van der Waals surface area contributed by atoms with Gasteiger partial charge in [0, 0.05) is 12.6 Å². The SMILES string of the molecule is CCCc1ccc(OCC(O)CNC2CC2)cc1.Cl. The normalized spacial score (nSPS) is 15.7. The molecule has 1 fully saturated rings. The minimum absolute atomic E-state index is 0. The Morgan fingerprint density at radius 2 is 2.00 bits per heavy atom. The van der Waals surface area contributed by atoms with Crippen molar-refractivity contribution in [2.24, 2.45) is 0 Å². The number of hydrogen-bond acceptors (Lipinski definition) is 3. The molecule has 1 unspecified atom stereocenters. The van der Waals surface area contributed by atoms with Gasteiger partial charge in [-0.2, -0.15) is 0 Å². The lowest BCUT2D eigenvalue weighted by molar-refractivity contribution is 0.106. The largest absolute Gasteiger partial charge is 0.491 e. The van der Waals surface area contributed by atoms with Crippen LogP contribution in [-0.2, 0) is 6.42 Å². The van der Waals surface area contributed by atoms with Gasteiger partial charge in [0.05, 0.1) is 0 Å². The number of rotatable bonds is 8. The van der Waals surface area contributed by atoms with E-state index in [1.54, 1.807) is 0 Å². The molecule has 0 bridgehead atoms. The standard InChI is InChI=1S/C15H23NO2.ClH/c1-2-3-12-4-8-15(9-5-12)18-11-14(17)10-16-13-6-7-13;/h4-5,8-9,13-14,16-17H,2-3,6-7,10-11H2,1H3;1H. The van der Waals surface area contributed by atoms with Crippen LogP contribution in [0.25, 0.3) is 0 Å². The molecule has 0 radical (unpaired) electrons. The number of halogens is 1. The molecule has 1 aliphatic rings. The van der Waals surface area contributed by atoms with Crippen LogP contribution < -0.4 is 10.1 Å². The van der Waals surface area contributed by atoms with E-state index in [-0.39, 0.29) is 12.4 Å². The molecule has 2 rings (SSSR count). The molecule has 2 N–H and O–H groups in total. The first-order valence-electron chi connectivity index (χ1n) is 6.91. The molecule has 1 aromatic carbocycles. The third-order valence-corrected chi connectivity index (χ3v) is 3.12. The summed E-state index contributed by atoms with van der Waals surface area (Å²) in [5.41, 5.74) is 1.33. The molecule has 0 amide bonds. The first-order valence-corrected chi connectivity index (χ1v) is 6.91. The Labute approximate surface area is 121 Å². The van der Waals surface area contributed by atoms with Crippen molar-refractivity contribution in [3.8, 4) is 5.75 Å². The van der Waals surface area contributed by atoms with Crippen molar-refractivity contribution < 1.29 is 9.84 Å². The Bertz CT molecular complexity index is 352. The first-order chi connectivity index (χ1) is 8.78. The predicted molar refractivity (Wildman–Crippen MR) is 80.2 cm³/mol. The topological polar surface area (TPSA) is 41.5 Å². The highest BCUT2D eigenvalue weighted by molar-refractivity contribution is 5.85. The minimum atomic E-state index is -0.430. The van der Waals surface area contributed by atoms with Crippen molar-refractivity contribution in [1.82, 2.24) is 5.32 Å². The van der Waals surface area contributed by atoms with Crippen molar-refractivity contribution in [3.63, 3.8) is 0 Å². The maximum atomic E-state index is 9.74. The number of aliphatic hydroxyl groups excluding tert-OH is 1. The Kier molecular flexibility index (Phi) is 7.21. The van der Waals surface area contributed by atoms with Gasteiger partial charge in [-0.25, -0.2) is 0 Å². The summed E-state index contributed by atoms with van der Waals surface area (Å²) < 4.78 is 5.56. The van der Waals surface area contributed by atoms with Gasteiger partial charge >= 0.3 is 0 Å². The summed E-state index contributed by atoms with van der Waals surface area (Å²) in [6.45, 7) is 3.15. The van der Waals surface area contributed by atoms with E-state index in [1.165, 1.54) is 18.4 Å². The summed E-state index contributed by atoms with van der Waals surface area (Å²) in [4.78, 5) is 0. The fourth-order valence-corrected chi connectivity index (χ4v) is 1.88. The molecule has 19 heavy (non-hydrogen) atoms. The van der Waals surface area contributed by atoms with Gasteiger partial charge in [-0.05, 0) is 37.0 Å². The van der Waals surface area contributed by atoms with Crippen LogP contribution in [-0.4, -0.2) is 30.4 Å². The maximum Gasteiger partial charge on any atom is 0.119 e. The lowest BCUT2D eigenvalue weighted by Crippen LogP contribution is -2.32. The maximum absolute atomic E-state index is 9.74. The lowest BCUT2D eigenvalue weighted by Gasteiger charge is -2.13. The third-order valence-electron chi connectivity index (χ3n) is 3.12. The Morgan fingerprint density at radius 3 is 2.58 bits per heavy atom. The van der Waals surface area contributed by atoms with Crippen molar-refractivity contribution in [3.05, 3.63) is 29.8 Å². The van der Waals surface area contributed by atoms with Crippen LogP contribution >= 0.6 is 12.4 Å². The van der Waals surface area contributed by atoms with Crippen LogP contribution in [0.5, 0.6) is 5.75 Å². The molecule has 1 saturated carbocycles. The first kappa shape index (κ1) is 16.3. The Balaban J connectivity index is 0.00000180. The number of aryl methyl sites for hydroxylation is 1. The zero-order chi connectivity index (χ0) is 12.8. The fraction of sp³-hybridized carbons (Fsp3) is 0.600. The van der Waals surface area contributed by atoms with Crippen molar-refractivity contribution in [1.29, 1.82) is 0 Å². The smallest absolute Gasteiger partial charge is 0.119 e. The Hall–Kier alpha value is -0.770. The van der Waals surface area contributed by atoms with E-state index in [9.17, 15) is 5.11 Å². The second-order valence-electron chi connectivity index (χ2n) is 5.04. The van der Waals surface area contributed by atoms with Crippen LogP contribution in [0.4, 0.5) is 0 Å².